The van der Waals surface area contributed by atoms with Gasteiger partial charge in [0.2, 0.25) is 0 Å². The number of aromatic nitrogens is 1. The molecule has 1 heterocycles. The summed E-state index contributed by atoms with van der Waals surface area (Å²) in [5, 5.41) is 0. The Balaban J connectivity index is 2.31. The van der Waals surface area contributed by atoms with Crippen molar-refractivity contribution < 1.29 is 13.6 Å². The van der Waals surface area contributed by atoms with Gasteiger partial charge in [-0.05, 0) is 29.8 Å². The molecule has 2 aromatic rings. The van der Waals surface area contributed by atoms with Gasteiger partial charge in [-0.25, -0.2) is 8.78 Å². The summed E-state index contributed by atoms with van der Waals surface area (Å²) in [6.07, 6.45) is 1.71. The number of halogens is 2. The van der Waals surface area contributed by atoms with Crippen molar-refractivity contribution >= 4 is 5.78 Å². The average molecular weight is 235 g/mol. The van der Waals surface area contributed by atoms with E-state index in [4.69, 9.17) is 0 Å². The standard InChI is InChI=1S/C13H11F2NO/c1-9(17)13-3-2-4-16(13)8-10-5-11(14)7-12(15)6-10/h2-7H,8H2,1H3. The average Bonchev–Trinajstić information content (AvgIpc) is 2.63. The van der Waals surface area contributed by atoms with Gasteiger partial charge >= 0.3 is 0 Å². The van der Waals surface area contributed by atoms with E-state index in [1.54, 1.807) is 22.9 Å². The monoisotopic (exact) mass is 235 g/mol. The Hall–Kier alpha value is -1.97. The van der Waals surface area contributed by atoms with Crippen LogP contribution in [0.2, 0.25) is 0 Å². The second kappa shape index (κ2) is 4.49. The lowest BCUT2D eigenvalue weighted by atomic mass is 10.2. The molecule has 2 nitrogen and oxygen atoms in total. The van der Waals surface area contributed by atoms with Crippen LogP contribution in [0, 0.1) is 11.6 Å². The van der Waals surface area contributed by atoms with Crippen LogP contribution in [0.3, 0.4) is 0 Å². The second-order valence-corrected chi connectivity index (χ2v) is 3.86. The molecular formula is C13H11F2NO. The first-order chi connectivity index (χ1) is 8.06. The van der Waals surface area contributed by atoms with E-state index in [-0.39, 0.29) is 12.3 Å². The first kappa shape index (κ1) is 11.5. The maximum absolute atomic E-state index is 13.0. The third-order valence-electron chi connectivity index (χ3n) is 2.47. The Kier molecular flexibility index (Phi) is 3.04. The highest BCUT2D eigenvalue weighted by molar-refractivity contribution is 5.92. The van der Waals surface area contributed by atoms with Crippen LogP contribution < -0.4 is 0 Å². The molecule has 0 saturated heterocycles. The molecule has 0 spiro atoms. The van der Waals surface area contributed by atoms with Crippen molar-refractivity contribution in [2.45, 2.75) is 13.5 Å². The van der Waals surface area contributed by atoms with Gasteiger partial charge in [0.05, 0.1) is 5.69 Å². The molecule has 88 valence electrons. The van der Waals surface area contributed by atoms with Crippen molar-refractivity contribution in [3.05, 3.63) is 59.4 Å². The van der Waals surface area contributed by atoms with Crippen LogP contribution in [0.15, 0.2) is 36.5 Å². The van der Waals surface area contributed by atoms with Gasteiger partial charge in [0.1, 0.15) is 11.6 Å². The molecule has 0 amide bonds. The zero-order valence-corrected chi connectivity index (χ0v) is 9.28. The van der Waals surface area contributed by atoms with Crippen LogP contribution in [0.4, 0.5) is 8.78 Å². The van der Waals surface area contributed by atoms with Gasteiger partial charge in [-0.2, -0.15) is 0 Å². The van der Waals surface area contributed by atoms with Crippen molar-refractivity contribution in [2.75, 3.05) is 0 Å². The second-order valence-electron chi connectivity index (χ2n) is 3.86. The van der Waals surface area contributed by atoms with E-state index in [9.17, 15) is 13.6 Å². The van der Waals surface area contributed by atoms with Crippen LogP contribution in [0.25, 0.3) is 0 Å². The fourth-order valence-electron chi connectivity index (χ4n) is 1.77. The summed E-state index contributed by atoms with van der Waals surface area (Å²) >= 11 is 0. The summed E-state index contributed by atoms with van der Waals surface area (Å²) < 4.78 is 27.7. The minimum Gasteiger partial charge on any atom is -0.341 e. The molecule has 0 aliphatic heterocycles. The SMILES string of the molecule is CC(=O)c1cccn1Cc1cc(F)cc(F)c1. The summed E-state index contributed by atoms with van der Waals surface area (Å²) in [6.45, 7) is 1.73. The summed E-state index contributed by atoms with van der Waals surface area (Å²) in [7, 11) is 0. The van der Waals surface area contributed by atoms with Crippen LogP contribution >= 0.6 is 0 Å². The van der Waals surface area contributed by atoms with Gasteiger partial charge in [-0.15, -0.1) is 0 Å². The number of carbonyl (C=O) groups excluding carboxylic acids is 1. The molecule has 4 heteroatoms. The van der Waals surface area contributed by atoms with Crippen LogP contribution in [-0.4, -0.2) is 10.4 Å². The Morgan fingerprint density at radius 1 is 1.24 bits per heavy atom. The van der Waals surface area contributed by atoms with Crippen molar-refractivity contribution in [3.8, 4) is 0 Å². The van der Waals surface area contributed by atoms with Crippen LogP contribution in [0.5, 0.6) is 0 Å². The van der Waals surface area contributed by atoms with Crippen molar-refractivity contribution in [2.24, 2.45) is 0 Å². The lowest BCUT2D eigenvalue weighted by Crippen LogP contribution is -2.07. The van der Waals surface area contributed by atoms with E-state index in [0.717, 1.165) is 6.07 Å². The molecule has 0 atom stereocenters. The number of Topliss-reactive ketones (excluding diaryl/α,β-unsaturated/α-hetero) is 1. The number of rotatable bonds is 3. The normalized spacial score (nSPS) is 10.5. The minimum atomic E-state index is -0.614. The quantitative estimate of drug-likeness (QED) is 0.749. The molecule has 1 aromatic carbocycles. The van der Waals surface area contributed by atoms with Crippen molar-refractivity contribution in [1.29, 1.82) is 0 Å². The molecule has 0 fully saturated rings. The molecule has 1 aromatic heterocycles. The highest BCUT2D eigenvalue weighted by Crippen LogP contribution is 2.12. The van der Waals surface area contributed by atoms with Gasteiger partial charge < -0.3 is 4.57 Å². The van der Waals surface area contributed by atoms with Gasteiger partial charge in [-0.1, -0.05) is 0 Å². The largest absolute Gasteiger partial charge is 0.341 e. The predicted octanol–water partition coefficient (Wildman–Crippen LogP) is 3.02. The molecular weight excluding hydrogens is 224 g/mol. The molecule has 0 unspecified atom stereocenters. The highest BCUT2D eigenvalue weighted by Gasteiger charge is 2.07. The summed E-state index contributed by atoms with van der Waals surface area (Å²) in [6, 6.07) is 6.75. The van der Waals surface area contributed by atoms with Crippen LogP contribution in [0.1, 0.15) is 23.0 Å². The molecule has 0 aliphatic carbocycles. The molecule has 0 N–H and O–H groups in total. The number of hydrogen-bond donors (Lipinski definition) is 0. The fourth-order valence-corrected chi connectivity index (χ4v) is 1.77. The molecule has 0 aliphatic rings. The number of hydrogen-bond acceptors (Lipinski definition) is 1. The van der Waals surface area contributed by atoms with Gasteiger partial charge in [0, 0.05) is 25.7 Å². The van der Waals surface area contributed by atoms with Crippen molar-refractivity contribution in [3.63, 3.8) is 0 Å². The molecule has 2 rings (SSSR count). The van der Waals surface area contributed by atoms with Gasteiger partial charge in [0.15, 0.2) is 5.78 Å². The maximum Gasteiger partial charge on any atom is 0.176 e. The number of nitrogens with zero attached hydrogens (tertiary/aromatic N) is 1. The summed E-state index contributed by atoms with van der Waals surface area (Å²) in [5.74, 6) is -1.31. The third kappa shape index (κ3) is 2.58. The van der Waals surface area contributed by atoms with E-state index >= 15 is 0 Å². The first-order valence-electron chi connectivity index (χ1n) is 5.17. The van der Waals surface area contributed by atoms with E-state index in [1.165, 1.54) is 19.1 Å². The lowest BCUT2D eigenvalue weighted by Gasteiger charge is -2.07. The Labute approximate surface area is 97.5 Å². The minimum absolute atomic E-state index is 0.0770. The van der Waals surface area contributed by atoms with Crippen LogP contribution in [-0.2, 0) is 6.54 Å². The Bertz CT molecular complexity index is 540. The topological polar surface area (TPSA) is 22.0 Å². The lowest BCUT2D eigenvalue weighted by molar-refractivity contribution is 0.100. The number of benzene rings is 1. The summed E-state index contributed by atoms with van der Waals surface area (Å²) in [4.78, 5) is 11.3. The maximum atomic E-state index is 13.0. The molecule has 0 bridgehead atoms. The van der Waals surface area contributed by atoms with E-state index in [0.29, 0.717) is 11.3 Å². The highest BCUT2D eigenvalue weighted by atomic mass is 19.1. The summed E-state index contributed by atoms with van der Waals surface area (Å²) in [5.41, 5.74) is 1.01. The molecule has 17 heavy (non-hydrogen) atoms. The number of ketones is 1. The van der Waals surface area contributed by atoms with Gasteiger partial charge in [0.25, 0.3) is 0 Å². The van der Waals surface area contributed by atoms with E-state index < -0.39 is 11.6 Å². The number of carbonyl (C=O) groups is 1. The van der Waals surface area contributed by atoms with E-state index in [2.05, 4.69) is 0 Å². The van der Waals surface area contributed by atoms with Gasteiger partial charge in [-0.3, -0.25) is 4.79 Å². The molecule has 0 radical (unpaired) electrons. The third-order valence-corrected chi connectivity index (χ3v) is 2.47. The zero-order valence-electron chi connectivity index (χ0n) is 9.28. The van der Waals surface area contributed by atoms with E-state index in [1.807, 2.05) is 0 Å². The Morgan fingerprint density at radius 2 is 1.88 bits per heavy atom. The smallest absolute Gasteiger partial charge is 0.176 e. The van der Waals surface area contributed by atoms with Crippen molar-refractivity contribution in [1.82, 2.24) is 4.57 Å². The predicted molar refractivity (Wildman–Crippen MR) is 59.9 cm³/mol. The molecule has 0 saturated carbocycles. The fraction of sp³-hybridized carbons (Fsp3) is 0.154. The first-order valence-corrected chi connectivity index (χ1v) is 5.17. The zero-order chi connectivity index (χ0) is 12.4. The Morgan fingerprint density at radius 3 is 2.47 bits per heavy atom.